The molecule has 9 nitrogen and oxygen atoms in total. The van der Waals surface area contributed by atoms with Gasteiger partial charge in [-0.15, -0.1) is 0 Å². The number of nitrogens with one attached hydrogen (secondary N) is 3. The lowest BCUT2D eigenvalue weighted by molar-refractivity contribution is -0.128. The van der Waals surface area contributed by atoms with Crippen LogP contribution in [0.2, 0.25) is 0 Å². The zero-order valence-electron chi connectivity index (χ0n) is 18.6. The number of hydrogen-bond acceptors (Lipinski definition) is 6. The fraction of sp³-hybridized carbons (Fsp3) is 0.280. The Kier molecular flexibility index (Phi) is 5.62. The number of urea groups is 1. The van der Waals surface area contributed by atoms with Crippen molar-refractivity contribution >= 4 is 28.7 Å². The predicted molar refractivity (Wildman–Crippen MR) is 123 cm³/mol. The Labute approximate surface area is 195 Å². The molecule has 5 rings (SSSR count). The molecular weight excluding hydrogens is 436 g/mol. The first kappa shape index (κ1) is 21.8. The van der Waals surface area contributed by atoms with Gasteiger partial charge < -0.3 is 20.1 Å². The van der Waals surface area contributed by atoms with Gasteiger partial charge in [-0.05, 0) is 43.3 Å². The van der Waals surface area contributed by atoms with E-state index in [0.29, 0.717) is 24.5 Å². The smallest absolute Gasteiger partial charge is 0.322 e. The van der Waals surface area contributed by atoms with E-state index < -0.39 is 23.5 Å². The van der Waals surface area contributed by atoms with Crippen molar-refractivity contribution in [3.05, 3.63) is 71.4 Å². The summed E-state index contributed by atoms with van der Waals surface area (Å²) in [6.07, 6.45) is 0.283. The molecule has 1 spiro atoms. The molecule has 2 aliphatic heterocycles. The summed E-state index contributed by atoms with van der Waals surface area (Å²) in [6.45, 7) is 2.76. The van der Waals surface area contributed by atoms with Gasteiger partial charge in [0, 0.05) is 35.2 Å². The second-order valence-electron chi connectivity index (χ2n) is 8.48. The SMILES string of the molecule is Cc1cc(COc2ccc(C(=O)N[C@H]3COCC[C@@]34NC(=O)NC4=O)cc2)c2ccccc2n1. The van der Waals surface area contributed by atoms with Crippen LogP contribution in [0.3, 0.4) is 0 Å². The van der Waals surface area contributed by atoms with Gasteiger partial charge in [-0.2, -0.15) is 0 Å². The van der Waals surface area contributed by atoms with Crippen LogP contribution in [0.4, 0.5) is 4.79 Å². The Morgan fingerprint density at radius 3 is 2.76 bits per heavy atom. The maximum absolute atomic E-state index is 12.9. The number of rotatable bonds is 5. The molecule has 2 saturated heterocycles. The Bertz CT molecular complexity index is 1280. The summed E-state index contributed by atoms with van der Waals surface area (Å²) >= 11 is 0. The van der Waals surface area contributed by atoms with E-state index in [9.17, 15) is 14.4 Å². The van der Waals surface area contributed by atoms with Gasteiger partial charge in [0.1, 0.15) is 17.9 Å². The summed E-state index contributed by atoms with van der Waals surface area (Å²) in [5.74, 6) is -0.199. The molecule has 0 bridgehead atoms. The third-order valence-corrected chi connectivity index (χ3v) is 6.24. The minimum absolute atomic E-state index is 0.125. The van der Waals surface area contributed by atoms with Gasteiger partial charge in [0.2, 0.25) is 0 Å². The van der Waals surface area contributed by atoms with Crippen molar-refractivity contribution < 1.29 is 23.9 Å². The van der Waals surface area contributed by atoms with Crippen molar-refractivity contribution in [2.45, 2.75) is 31.5 Å². The molecule has 174 valence electrons. The highest BCUT2D eigenvalue weighted by molar-refractivity contribution is 6.08. The van der Waals surface area contributed by atoms with Gasteiger partial charge in [0.25, 0.3) is 11.8 Å². The molecule has 2 aliphatic rings. The first-order chi connectivity index (χ1) is 16.4. The quantitative estimate of drug-likeness (QED) is 0.503. The lowest BCUT2D eigenvalue weighted by Crippen LogP contribution is -2.66. The summed E-state index contributed by atoms with van der Waals surface area (Å²) in [4.78, 5) is 41.5. The fourth-order valence-corrected chi connectivity index (χ4v) is 4.46. The van der Waals surface area contributed by atoms with Crippen LogP contribution in [0, 0.1) is 6.92 Å². The summed E-state index contributed by atoms with van der Waals surface area (Å²) in [5.41, 5.74) is 2.08. The first-order valence-corrected chi connectivity index (χ1v) is 11.0. The summed E-state index contributed by atoms with van der Waals surface area (Å²) in [7, 11) is 0. The maximum atomic E-state index is 12.9. The van der Waals surface area contributed by atoms with Crippen molar-refractivity contribution in [3.63, 3.8) is 0 Å². The molecule has 0 aliphatic carbocycles. The van der Waals surface area contributed by atoms with Crippen molar-refractivity contribution in [2.75, 3.05) is 13.2 Å². The molecule has 2 aromatic carbocycles. The van der Waals surface area contributed by atoms with Gasteiger partial charge in [-0.25, -0.2) is 4.79 Å². The molecule has 34 heavy (non-hydrogen) atoms. The Hall–Kier alpha value is -3.98. The lowest BCUT2D eigenvalue weighted by Gasteiger charge is -2.38. The van der Waals surface area contributed by atoms with E-state index >= 15 is 0 Å². The van der Waals surface area contributed by atoms with Gasteiger partial charge in [-0.1, -0.05) is 18.2 Å². The van der Waals surface area contributed by atoms with Crippen LogP contribution in [0.25, 0.3) is 10.9 Å². The van der Waals surface area contributed by atoms with Crippen LogP contribution in [-0.4, -0.2) is 47.6 Å². The normalized spacial score (nSPS) is 21.9. The highest BCUT2D eigenvalue weighted by Gasteiger charge is 2.54. The van der Waals surface area contributed by atoms with E-state index in [1.807, 2.05) is 37.3 Å². The van der Waals surface area contributed by atoms with Crippen LogP contribution < -0.4 is 20.7 Å². The average Bonchev–Trinajstić information content (AvgIpc) is 3.12. The molecule has 4 amide bonds. The minimum Gasteiger partial charge on any atom is -0.489 e. The van der Waals surface area contributed by atoms with Crippen LogP contribution in [-0.2, 0) is 16.1 Å². The lowest BCUT2D eigenvalue weighted by atomic mass is 9.85. The van der Waals surface area contributed by atoms with Crippen molar-refractivity contribution in [1.29, 1.82) is 0 Å². The summed E-state index contributed by atoms with van der Waals surface area (Å²) < 4.78 is 11.4. The largest absolute Gasteiger partial charge is 0.489 e. The fourth-order valence-electron chi connectivity index (χ4n) is 4.46. The number of carbonyl (C=O) groups excluding carboxylic acids is 3. The number of aryl methyl sites for hydroxylation is 1. The van der Waals surface area contributed by atoms with Gasteiger partial charge in [-0.3, -0.25) is 19.9 Å². The van der Waals surface area contributed by atoms with E-state index in [-0.39, 0.29) is 18.9 Å². The molecule has 1 aromatic heterocycles. The number of aromatic nitrogens is 1. The van der Waals surface area contributed by atoms with E-state index in [1.165, 1.54) is 0 Å². The molecule has 3 heterocycles. The molecule has 2 atom stereocenters. The zero-order chi connectivity index (χ0) is 23.7. The van der Waals surface area contributed by atoms with E-state index in [1.54, 1.807) is 24.3 Å². The molecule has 0 unspecified atom stereocenters. The van der Waals surface area contributed by atoms with Crippen LogP contribution in [0.15, 0.2) is 54.6 Å². The molecular formula is C25H24N4O5. The molecule has 2 fully saturated rings. The number of benzene rings is 2. The van der Waals surface area contributed by atoms with Crippen LogP contribution in [0.1, 0.15) is 28.0 Å². The Morgan fingerprint density at radius 1 is 1.21 bits per heavy atom. The minimum atomic E-state index is -1.19. The number of amides is 4. The third-order valence-electron chi connectivity index (χ3n) is 6.24. The van der Waals surface area contributed by atoms with Crippen molar-refractivity contribution in [3.8, 4) is 5.75 Å². The summed E-state index contributed by atoms with van der Waals surface area (Å²) in [6, 6.07) is 15.4. The second-order valence-corrected chi connectivity index (χ2v) is 8.48. The van der Waals surface area contributed by atoms with Crippen molar-refractivity contribution in [2.24, 2.45) is 0 Å². The number of carbonyl (C=O) groups is 3. The summed E-state index contributed by atoms with van der Waals surface area (Å²) in [5, 5.41) is 8.79. The average molecular weight is 460 g/mol. The highest BCUT2D eigenvalue weighted by atomic mass is 16.5. The number of ether oxygens (including phenoxy) is 2. The predicted octanol–water partition coefficient (Wildman–Crippen LogP) is 2.22. The molecule has 3 N–H and O–H groups in total. The third kappa shape index (κ3) is 4.06. The number of fused-ring (bicyclic) bond motifs is 1. The zero-order valence-corrected chi connectivity index (χ0v) is 18.6. The van der Waals surface area contributed by atoms with Crippen molar-refractivity contribution in [1.82, 2.24) is 20.9 Å². The highest BCUT2D eigenvalue weighted by Crippen LogP contribution is 2.26. The standard InChI is InChI=1S/C25H24N4O5/c1-15-12-17(19-4-2-3-5-20(19)26-15)13-34-18-8-6-16(7-9-18)22(30)27-21-14-33-11-10-25(21)23(31)28-24(32)29-25/h2-9,12,21H,10-11,13-14H2,1H3,(H,27,30)(H2,28,29,31,32)/t21-,25+/m0/s1. The number of pyridine rings is 1. The molecule has 0 saturated carbocycles. The van der Waals surface area contributed by atoms with Gasteiger partial charge in [0.15, 0.2) is 0 Å². The van der Waals surface area contributed by atoms with E-state index in [2.05, 4.69) is 20.9 Å². The topological polar surface area (TPSA) is 119 Å². The van der Waals surface area contributed by atoms with Gasteiger partial charge in [0.05, 0.1) is 18.2 Å². The number of imide groups is 1. The Morgan fingerprint density at radius 2 is 2.00 bits per heavy atom. The maximum Gasteiger partial charge on any atom is 0.322 e. The monoisotopic (exact) mass is 460 g/mol. The number of para-hydroxylation sites is 1. The Balaban J connectivity index is 1.26. The van der Waals surface area contributed by atoms with Crippen LogP contribution >= 0.6 is 0 Å². The van der Waals surface area contributed by atoms with E-state index in [0.717, 1.165) is 22.2 Å². The van der Waals surface area contributed by atoms with Gasteiger partial charge >= 0.3 is 6.03 Å². The first-order valence-electron chi connectivity index (χ1n) is 11.0. The van der Waals surface area contributed by atoms with E-state index in [4.69, 9.17) is 9.47 Å². The molecule has 0 radical (unpaired) electrons. The second kappa shape index (κ2) is 8.75. The van der Waals surface area contributed by atoms with Crippen LogP contribution in [0.5, 0.6) is 5.75 Å². The number of nitrogens with zero attached hydrogens (tertiary/aromatic N) is 1. The molecule has 9 heteroatoms. The number of hydrogen-bond donors (Lipinski definition) is 3. The molecule has 3 aromatic rings.